The van der Waals surface area contributed by atoms with E-state index in [1.54, 1.807) is 13.0 Å². The van der Waals surface area contributed by atoms with E-state index in [0.717, 1.165) is 12.0 Å². The molecule has 0 aliphatic carbocycles. The number of benzene rings is 1. The third-order valence-electron chi connectivity index (χ3n) is 3.19. The molecule has 1 unspecified atom stereocenters. The van der Waals surface area contributed by atoms with Gasteiger partial charge in [-0.15, -0.1) is 0 Å². The molecule has 0 fully saturated rings. The van der Waals surface area contributed by atoms with Gasteiger partial charge in [-0.25, -0.2) is 4.68 Å². The van der Waals surface area contributed by atoms with Gasteiger partial charge in [-0.1, -0.05) is 37.3 Å². The summed E-state index contributed by atoms with van der Waals surface area (Å²) in [6, 6.07) is 12.0. The number of nitrogens with one attached hydrogen (secondary N) is 1. The summed E-state index contributed by atoms with van der Waals surface area (Å²) in [5, 5.41) is 7.09. The first-order valence-electron chi connectivity index (χ1n) is 7.06. The van der Waals surface area contributed by atoms with Gasteiger partial charge in [0.2, 0.25) is 5.91 Å². The van der Waals surface area contributed by atoms with E-state index in [9.17, 15) is 9.59 Å². The molecule has 110 valence electrons. The number of nitrogens with zero attached hydrogens (tertiary/aromatic N) is 2. The number of rotatable bonds is 5. The van der Waals surface area contributed by atoms with Gasteiger partial charge in [0.25, 0.3) is 5.56 Å². The van der Waals surface area contributed by atoms with E-state index in [1.165, 1.54) is 10.7 Å². The van der Waals surface area contributed by atoms with Crippen molar-refractivity contribution in [3.8, 4) is 11.3 Å². The fourth-order valence-corrected chi connectivity index (χ4v) is 1.97. The Kier molecular flexibility index (Phi) is 4.87. The molecule has 1 atom stereocenters. The Balaban J connectivity index is 2.32. The highest BCUT2D eigenvalue weighted by atomic mass is 16.2. The Morgan fingerprint density at radius 1 is 1.24 bits per heavy atom. The Labute approximate surface area is 123 Å². The Morgan fingerprint density at radius 2 is 1.95 bits per heavy atom. The van der Waals surface area contributed by atoms with Crippen molar-refractivity contribution in [3.63, 3.8) is 0 Å². The smallest absolute Gasteiger partial charge is 0.267 e. The van der Waals surface area contributed by atoms with Crippen LogP contribution in [0.3, 0.4) is 0 Å². The van der Waals surface area contributed by atoms with Crippen LogP contribution in [0.5, 0.6) is 0 Å². The van der Waals surface area contributed by atoms with Crippen LogP contribution in [0.25, 0.3) is 11.3 Å². The quantitative estimate of drug-likeness (QED) is 0.914. The predicted octanol–water partition coefficient (Wildman–Crippen LogP) is 2.00. The van der Waals surface area contributed by atoms with Gasteiger partial charge in [0.1, 0.15) is 6.04 Å². The molecule has 5 heteroatoms. The zero-order chi connectivity index (χ0) is 15.2. The van der Waals surface area contributed by atoms with Crippen molar-refractivity contribution in [2.24, 2.45) is 0 Å². The van der Waals surface area contributed by atoms with Gasteiger partial charge >= 0.3 is 0 Å². The summed E-state index contributed by atoms with van der Waals surface area (Å²) < 4.78 is 1.23. The first-order chi connectivity index (χ1) is 10.1. The lowest BCUT2D eigenvalue weighted by Gasteiger charge is -2.14. The summed E-state index contributed by atoms with van der Waals surface area (Å²) in [7, 11) is 0. The van der Waals surface area contributed by atoms with Crippen molar-refractivity contribution in [1.29, 1.82) is 0 Å². The number of carbonyl (C=O) groups is 1. The topological polar surface area (TPSA) is 64.0 Å². The molecule has 0 spiro atoms. The molecule has 0 saturated carbocycles. The van der Waals surface area contributed by atoms with E-state index in [1.807, 2.05) is 37.3 Å². The fraction of sp³-hybridized carbons (Fsp3) is 0.312. The summed E-state index contributed by atoms with van der Waals surface area (Å²) in [6.07, 6.45) is 0.852. The molecule has 1 amide bonds. The first-order valence-corrected chi connectivity index (χ1v) is 7.06. The van der Waals surface area contributed by atoms with Crippen LogP contribution in [0.2, 0.25) is 0 Å². The van der Waals surface area contributed by atoms with Gasteiger partial charge in [0, 0.05) is 18.2 Å². The summed E-state index contributed by atoms with van der Waals surface area (Å²) in [5.41, 5.74) is 1.30. The van der Waals surface area contributed by atoms with Crippen molar-refractivity contribution < 1.29 is 4.79 Å². The van der Waals surface area contributed by atoms with Crippen molar-refractivity contribution in [1.82, 2.24) is 15.1 Å². The second-order valence-corrected chi connectivity index (χ2v) is 4.83. The van der Waals surface area contributed by atoms with Crippen LogP contribution in [-0.2, 0) is 4.79 Å². The minimum atomic E-state index is -0.632. The van der Waals surface area contributed by atoms with E-state index < -0.39 is 6.04 Å². The predicted molar refractivity (Wildman–Crippen MR) is 81.9 cm³/mol. The molecule has 1 aromatic heterocycles. The van der Waals surface area contributed by atoms with E-state index >= 15 is 0 Å². The van der Waals surface area contributed by atoms with E-state index in [2.05, 4.69) is 10.4 Å². The van der Waals surface area contributed by atoms with Gasteiger partial charge < -0.3 is 5.32 Å². The van der Waals surface area contributed by atoms with Crippen LogP contribution >= 0.6 is 0 Å². The molecule has 1 heterocycles. The molecule has 5 nitrogen and oxygen atoms in total. The van der Waals surface area contributed by atoms with E-state index in [4.69, 9.17) is 0 Å². The van der Waals surface area contributed by atoms with Crippen LogP contribution in [-0.4, -0.2) is 22.2 Å². The number of hydrogen-bond acceptors (Lipinski definition) is 3. The number of aromatic nitrogens is 2. The van der Waals surface area contributed by atoms with Crippen molar-refractivity contribution in [2.45, 2.75) is 26.3 Å². The standard InChI is InChI=1S/C16H19N3O2/c1-3-11-17-16(21)12(2)19-15(20)10-9-14(18-19)13-7-5-4-6-8-13/h4-10,12H,3,11H2,1-2H3,(H,17,21). The molecule has 21 heavy (non-hydrogen) atoms. The van der Waals surface area contributed by atoms with Gasteiger partial charge in [-0.2, -0.15) is 5.10 Å². The zero-order valence-electron chi connectivity index (χ0n) is 12.2. The van der Waals surface area contributed by atoms with Gasteiger partial charge in [-0.3, -0.25) is 9.59 Å². The highest BCUT2D eigenvalue weighted by molar-refractivity contribution is 5.79. The molecular weight excluding hydrogens is 266 g/mol. The third-order valence-corrected chi connectivity index (χ3v) is 3.19. The molecule has 0 aliphatic rings. The molecule has 1 N–H and O–H groups in total. The number of hydrogen-bond donors (Lipinski definition) is 1. The average molecular weight is 285 g/mol. The van der Waals surface area contributed by atoms with Crippen molar-refractivity contribution in [2.75, 3.05) is 6.54 Å². The maximum Gasteiger partial charge on any atom is 0.267 e. The van der Waals surface area contributed by atoms with E-state index in [0.29, 0.717) is 12.2 Å². The normalized spacial score (nSPS) is 11.9. The molecule has 0 bridgehead atoms. The number of carbonyl (C=O) groups excluding carboxylic acids is 1. The van der Waals surface area contributed by atoms with Crippen molar-refractivity contribution >= 4 is 5.91 Å². The van der Waals surface area contributed by atoms with E-state index in [-0.39, 0.29) is 11.5 Å². The summed E-state index contributed by atoms with van der Waals surface area (Å²) in [4.78, 5) is 23.9. The molecule has 0 aliphatic heterocycles. The molecule has 2 aromatic rings. The van der Waals surface area contributed by atoms with Crippen LogP contribution in [0, 0.1) is 0 Å². The maximum atomic E-state index is 12.0. The highest BCUT2D eigenvalue weighted by Crippen LogP contribution is 2.15. The lowest BCUT2D eigenvalue weighted by atomic mass is 10.1. The molecule has 1 aromatic carbocycles. The van der Waals surface area contributed by atoms with Gasteiger partial charge in [0.05, 0.1) is 5.69 Å². The highest BCUT2D eigenvalue weighted by Gasteiger charge is 2.17. The maximum absolute atomic E-state index is 12.0. The van der Waals surface area contributed by atoms with Crippen molar-refractivity contribution in [3.05, 3.63) is 52.8 Å². The third kappa shape index (κ3) is 3.56. The van der Waals surface area contributed by atoms with Crippen LogP contribution in [0.15, 0.2) is 47.3 Å². The summed E-state index contributed by atoms with van der Waals surface area (Å²) in [6.45, 7) is 4.25. The average Bonchev–Trinajstić information content (AvgIpc) is 2.53. The Hall–Kier alpha value is -2.43. The minimum Gasteiger partial charge on any atom is -0.354 e. The first kappa shape index (κ1) is 15.0. The summed E-state index contributed by atoms with van der Waals surface area (Å²) >= 11 is 0. The number of amides is 1. The second kappa shape index (κ2) is 6.83. The molecule has 2 rings (SSSR count). The minimum absolute atomic E-state index is 0.198. The fourth-order valence-electron chi connectivity index (χ4n) is 1.97. The lowest BCUT2D eigenvalue weighted by molar-refractivity contribution is -0.124. The molecule has 0 saturated heterocycles. The summed E-state index contributed by atoms with van der Waals surface area (Å²) in [5.74, 6) is -0.198. The zero-order valence-corrected chi connectivity index (χ0v) is 12.2. The molecule has 0 radical (unpaired) electrons. The molecular formula is C16H19N3O2. The monoisotopic (exact) mass is 285 g/mol. The van der Waals surface area contributed by atoms with Crippen LogP contribution < -0.4 is 10.9 Å². The SMILES string of the molecule is CCCNC(=O)C(C)n1nc(-c2ccccc2)ccc1=O. The largest absolute Gasteiger partial charge is 0.354 e. The second-order valence-electron chi connectivity index (χ2n) is 4.83. The van der Waals surface area contributed by atoms with Gasteiger partial charge in [0.15, 0.2) is 0 Å². The van der Waals surface area contributed by atoms with Crippen LogP contribution in [0.1, 0.15) is 26.3 Å². The van der Waals surface area contributed by atoms with Crippen LogP contribution in [0.4, 0.5) is 0 Å². The Morgan fingerprint density at radius 3 is 2.62 bits per heavy atom. The van der Waals surface area contributed by atoms with Gasteiger partial charge in [-0.05, 0) is 19.4 Å². The Bertz CT molecular complexity index is 665. The lowest BCUT2D eigenvalue weighted by Crippen LogP contribution is -2.37.